The molecule has 1 aliphatic heterocycles. The number of halogens is 1. The topological polar surface area (TPSA) is 67.4 Å². The van der Waals surface area contributed by atoms with E-state index in [-0.39, 0.29) is 24.2 Å². The fraction of sp³-hybridized carbons (Fsp3) is 0.722. The van der Waals surface area contributed by atoms with E-state index in [2.05, 4.69) is 45.1 Å². The lowest BCUT2D eigenvalue weighted by molar-refractivity contribution is -0.00811. The lowest BCUT2D eigenvalue weighted by Gasteiger charge is -2.45. The van der Waals surface area contributed by atoms with Gasteiger partial charge < -0.3 is 15.0 Å². The van der Waals surface area contributed by atoms with Crippen molar-refractivity contribution in [3.8, 4) is 0 Å². The van der Waals surface area contributed by atoms with Crippen molar-refractivity contribution in [2.75, 3.05) is 5.32 Å². The minimum atomic E-state index is -0.478. The molecule has 0 aromatic carbocycles. The first-order chi connectivity index (χ1) is 11.7. The third kappa shape index (κ3) is 5.56. The molecule has 25 heavy (non-hydrogen) atoms. The summed E-state index contributed by atoms with van der Waals surface area (Å²) in [6.07, 6.45) is 6.80. The molecular formula is C18H29BrN4O2. The van der Waals surface area contributed by atoms with Gasteiger partial charge in [0.15, 0.2) is 0 Å². The maximum absolute atomic E-state index is 12.7. The van der Waals surface area contributed by atoms with Crippen LogP contribution in [0.3, 0.4) is 0 Å². The molecule has 1 N–H and O–H groups in total. The monoisotopic (exact) mass is 412 g/mol. The first-order valence-corrected chi connectivity index (χ1v) is 9.78. The predicted molar refractivity (Wildman–Crippen MR) is 103 cm³/mol. The minimum Gasteiger partial charge on any atom is -0.444 e. The van der Waals surface area contributed by atoms with Gasteiger partial charge in [-0.15, -0.1) is 0 Å². The lowest BCUT2D eigenvalue weighted by Crippen LogP contribution is -2.55. The van der Waals surface area contributed by atoms with Gasteiger partial charge in [0.05, 0.1) is 4.47 Å². The molecule has 1 aromatic rings. The third-order valence-corrected chi connectivity index (χ3v) is 4.81. The van der Waals surface area contributed by atoms with Crippen LogP contribution in [-0.2, 0) is 4.74 Å². The molecule has 1 saturated heterocycles. The Balaban J connectivity index is 2.10. The van der Waals surface area contributed by atoms with Crippen LogP contribution in [0.5, 0.6) is 0 Å². The molecule has 2 rings (SSSR count). The summed E-state index contributed by atoms with van der Waals surface area (Å²) in [5, 5.41) is 3.42. The first-order valence-electron chi connectivity index (χ1n) is 8.98. The van der Waals surface area contributed by atoms with Crippen LogP contribution in [0.1, 0.15) is 60.3 Å². The van der Waals surface area contributed by atoms with Crippen LogP contribution in [0, 0.1) is 0 Å². The highest BCUT2D eigenvalue weighted by Crippen LogP contribution is 2.30. The molecule has 3 atom stereocenters. The molecular weight excluding hydrogens is 384 g/mol. The Labute approximate surface area is 158 Å². The molecule has 0 radical (unpaired) electrons. The summed E-state index contributed by atoms with van der Waals surface area (Å²) in [6, 6.07) is 0.553. The van der Waals surface area contributed by atoms with Gasteiger partial charge in [-0.1, -0.05) is 13.8 Å². The van der Waals surface area contributed by atoms with Gasteiger partial charge in [-0.25, -0.2) is 14.8 Å². The van der Waals surface area contributed by atoms with Gasteiger partial charge in [-0.05, 0) is 62.4 Å². The van der Waals surface area contributed by atoms with E-state index in [1.54, 1.807) is 12.4 Å². The molecule has 0 saturated carbocycles. The molecule has 2 heterocycles. The summed E-state index contributed by atoms with van der Waals surface area (Å²) >= 11 is 3.35. The molecule has 1 aliphatic rings. The van der Waals surface area contributed by atoms with E-state index in [4.69, 9.17) is 4.74 Å². The number of likely N-dealkylation sites (tertiary alicyclic amines) is 1. The Bertz CT molecular complexity index is 559. The van der Waals surface area contributed by atoms with Crippen LogP contribution >= 0.6 is 15.9 Å². The van der Waals surface area contributed by atoms with E-state index in [1.165, 1.54) is 0 Å². The van der Waals surface area contributed by atoms with E-state index in [1.807, 2.05) is 25.7 Å². The Kier molecular flexibility index (Phi) is 6.65. The van der Waals surface area contributed by atoms with Gasteiger partial charge in [0.2, 0.25) is 5.95 Å². The molecule has 1 aromatic heterocycles. The number of anilines is 1. The number of rotatable bonds is 4. The number of hydrogen-bond donors (Lipinski definition) is 1. The number of ether oxygens (including phenoxy) is 1. The molecule has 7 heteroatoms. The largest absolute Gasteiger partial charge is 0.444 e. The van der Waals surface area contributed by atoms with Gasteiger partial charge in [0, 0.05) is 30.5 Å². The summed E-state index contributed by atoms with van der Waals surface area (Å²) in [7, 11) is 0. The van der Waals surface area contributed by atoms with Crippen molar-refractivity contribution in [2.24, 2.45) is 0 Å². The van der Waals surface area contributed by atoms with Crippen LogP contribution in [0.4, 0.5) is 10.7 Å². The van der Waals surface area contributed by atoms with Crippen molar-refractivity contribution >= 4 is 28.0 Å². The van der Waals surface area contributed by atoms with E-state index in [9.17, 15) is 4.79 Å². The minimum absolute atomic E-state index is 0.154. The smallest absolute Gasteiger partial charge is 0.410 e. The second-order valence-corrected chi connectivity index (χ2v) is 8.46. The zero-order valence-electron chi connectivity index (χ0n) is 15.8. The van der Waals surface area contributed by atoms with Gasteiger partial charge in [0.1, 0.15) is 5.60 Å². The van der Waals surface area contributed by atoms with Crippen LogP contribution in [0.25, 0.3) is 0 Å². The van der Waals surface area contributed by atoms with Crippen molar-refractivity contribution in [2.45, 2.75) is 84.0 Å². The zero-order chi connectivity index (χ0) is 18.6. The number of nitrogens with one attached hydrogen (secondary N) is 1. The van der Waals surface area contributed by atoms with Crippen molar-refractivity contribution in [3.05, 3.63) is 16.9 Å². The Hall–Kier alpha value is -1.37. The van der Waals surface area contributed by atoms with E-state index < -0.39 is 5.60 Å². The average Bonchev–Trinajstić information content (AvgIpc) is 2.54. The highest BCUT2D eigenvalue weighted by atomic mass is 79.9. The van der Waals surface area contributed by atoms with Crippen LogP contribution < -0.4 is 5.32 Å². The maximum atomic E-state index is 12.7. The highest BCUT2D eigenvalue weighted by molar-refractivity contribution is 9.10. The molecule has 0 aliphatic carbocycles. The summed E-state index contributed by atoms with van der Waals surface area (Å²) < 4.78 is 6.50. The molecule has 0 spiro atoms. The summed E-state index contributed by atoms with van der Waals surface area (Å²) in [4.78, 5) is 23.3. The molecule has 1 unspecified atom stereocenters. The van der Waals surface area contributed by atoms with Crippen molar-refractivity contribution < 1.29 is 9.53 Å². The van der Waals surface area contributed by atoms with E-state index >= 15 is 0 Å². The third-order valence-electron chi connectivity index (χ3n) is 4.40. The Morgan fingerprint density at radius 3 is 2.20 bits per heavy atom. The zero-order valence-corrected chi connectivity index (χ0v) is 17.3. The Morgan fingerprint density at radius 1 is 1.24 bits per heavy atom. The second kappa shape index (κ2) is 8.34. The Morgan fingerprint density at radius 2 is 1.76 bits per heavy atom. The van der Waals surface area contributed by atoms with Gasteiger partial charge in [-0.3, -0.25) is 0 Å². The van der Waals surface area contributed by atoms with Gasteiger partial charge >= 0.3 is 6.09 Å². The highest BCUT2D eigenvalue weighted by Gasteiger charge is 2.39. The van der Waals surface area contributed by atoms with Crippen LogP contribution in [-0.4, -0.2) is 44.7 Å². The van der Waals surface area contributed by atoms with Crippen molar-refractivity contribution in [3.63, 3.8) is 0 Å². The molecule has 140 valence electrons. The van der Waals surface area contributed by atoms with Gasteiger partial charge in [-0.2, -0.15) is 0 Å². The second-order valence-electron chi connectivity index (χ2n) is 7.55. The summed E-state index contributed by atoms with van der Waals surface area (Å²) in [6.45, 7) is 9.96. The van der Waals surface area contributed by atoms with Crippen molar-refractivity contribution in [1.29, 1.82) is 0 Å². The number of hydrogen-bond acceptors (Lipinski definition) is 5. The molecule has 6 nitrogen and oxygen atoms in total. The number of carbonyl (C=O) groups is 1. The number of amides is 1. The quantitative estimate of drug-likeness (QED) is 0.781. The standard InChI is InChI=1S/C18H29BrN4O2/c1-6-14-8-13(22-16-20-10-12(19)11-21-16)9-15(7-2)23(14)17(24)25-18(3,4)5/h10-11,13-15H,6-9H2,1-5H3,(H,20,21,22)/t13?,14-,15+. The average molecular weight is 413 g/mol. The SMILES string of the molecule is CC[C@@H]1CC(Nc2ncc(Br)cn2)C[C@H](CC)N1C(=O)OC(C)(C)C. The van der Waals surface area contributed by atoms with Crippen LogP contribution in [0.15, 0.2) is 16.9 Å². The number of carbonyl (C=O) groups excluding carboxylic acids is 1. The summed E-state index contributed by atoms with van der Waals surface area (Å²) in [5.74, 6) is 0.628. The van der Waals surface area contributed by atoms with Gasteiger partial charge in [0.25, 0.3) is 0 Å². The maximum Gasteiger partial charge on any atom is 0.410 e. The number of nitrogens with zero attached hydrogens (tertiary/aromatic N) is 3. The fourth-order valence-corrected chi connectivity index (χ4v) is 3.51. The van der Waals surface area contributed by atoms with E-state index in [0.29, 0.717) is 5.95 Å². The molecule has 1 amide bonds. The van der Waals surface area contributed by atoms with E-state index in [0.717, 1.165) is 30.2 Å². The normalized spacial score (nSPS) is 24.1. The van der Waals surface area contributed by atoms with Crippen LogP contribution in [0.2, 0.25) is 0 Å². The summed E-state index contributed by atoms with van der Waals surface area (Å²) in [5.41, 5.74) is -0.478. The number of piperidine rings is 1. The lowest BCUT2D eigenvalue weighted by atomic mass is 9.89. The molecule has 0 bridgehead atoms. The number of aromatic nitrogens is 2. The fourth-order valence-electron chi connectivity index (χ4n) is 3.31. The van der Waals surface area contributed by atoms with Crippen molar-refractivity contribution in [1.82, 2.24) is 14.9 Å². The first kappa shape index (κ1) is 19.9. The predicted octanol–water partition coefficient (Wildman–Crippen LogP) is 4.61. The molecule has 1 fully saturated rings.